The Morgan fingerprint density at radius 2 is 1.86 bits per heavy atom. The number of nitrogens with one attached hydrogen (secondary N) is 1. The second kappa shape index (κ2) is 5.86. The van der Waals surface area contributed by atoms with Gasteiger partial charge in [-0.05, 0) is 43.7 Å². The summed E-state index contributed by atoms with van der Waals surface area (Å²) in [6.07, 6.45) is 1.01. The van der Waals surface area contributed by atoms with E-state index in [0.717, 1.165) is 30.8 Å². The van der Waals surface area contributed by atoms with Crippen LogP contribution in [0.25, 0.3) is 0 Å². The van der Waals surface area contributed by atoms with Crippen LogP contribution in [-0.4, -0.2) is 13.6 Å². The molecule has 1 unspecified atom stereocenters. The Labute approximate surface area is 125 Å². The van der Waals surface area contributed by atoms with Crippen molar-refractivity contribution < 1.29 is 4.39 Å². The molecule has 21 heavy (non-hydrogen) atoms. The SMILES string of the molecule is CNC(C)c1c(F)cccc1N1CCc2ccccc2C1. The predicted molar refractivity (Wildman–Crippen MR) is 85.1 cm³/mol. The number of hydrogen-bond acceptors (Lipinski definition) is 2. The van der Waals surface area contributed by atoms with Gasteiger partial charge in [-0.2, -0.15) is 0 Å². The van der Waals surface area contributed by atoms with E-state index in [4.69, 9.17) is 0 Å². The van der Waals surface area contributed by atoms with Crippen LogP contribution in [0.1, 0.15) is 29.7 Å². The van der Waals surface area contributed by atoms with Crippen molar-refractivity contribution in [2.75, 3.05) is 18.5 Å². The number of rotatable bonds is 3. The Hall–Kier alpha value is -1.87. The van der Waals surface area contributed by atoms with Crippen LogP contribution < -0.4 is 10.2 Å². The lowest BCUT2D eigenvalue weighted by molar-refractivity contribution is 0.558. The van der Waals surface area contributed by atoms with Crippen molar-refractivity contribution in [1.82, 2.24) is 5.32 Å². The van der Waals surface area contributed by atoms with Crippen molar-refractivity contribution in [1.29, 1.82) is 0 Å². The highest BCUT2D eigenvalue weighted by Gasteiger charge is 2.22. The summed E-state index contributed by atoms with van der Waals surface area (Å²) >= 11 is 0. The van der Waals surface area contributed by atoms with Crippen LogP contribution in [0.5, 0.6) is 0 Å². The highest BCUT2D eigenvalue weighted by Crippen LogP contribution is 2.32. The smallest absolute Gasteiger partial charge is 0.130 e. The first-order valence-electron chi connectivity index (χ1n) is 7.48. The second-order valence-corrected chi connectivity index (χ2v) is 5.62. The normalized spacial score (nSPS) is 15.7. The van der Waals surface area contributed by atoms with Crippen LogP contribution in [-0.2, 0) is 13.0 Å². The molecule has 0 fully saturated rings. The molecule has 0 spiro atoms. The maximum Gasteiger partial charge on any atom is 0.130 e. The van der Waals surface area contributed by atoms with Gasteiger partial charge in [0.1, 0.15) is 5.82 Å². The van der Waals surface area contributed by atoms with Gasteiger partial charge in [0.05, 0.1) is 0 Å². The molecule has 0 saturated heterocycles. The zero-order chi connectivity index (χ0) is 14.8. The van der Waals surface area contributed by atoms with Gasteiger partial charge >= 0.3 is 0 Å². The number of benzene rings is 2. The van der Waals surface area contributed by atoms with Gasteiger partial charge in [-0.15, -0.1) is 0 Å². The van der Waals surface area contributed by atoms with Gasteiger partial charge in [0.2, 0.25) is 0 Å². The van der Waals surface area contributed by atoms with E-state index in [2.05, 4.69) is 34.5 Å². The molecule has 0 amide bonds. The van der Waals surface area contributed by atoms with E-state index in [9.17, 15) is 4.39 Å². The Morgan fingerprint density at radius 3 is 2.62 bits per heavy atom. The molecule has 0 aliphatic carbocycles. The number of nitrogens with zero attached hydrogens (tertiary/aromatic N) is 1. The molecule has 0 radical (unpaired) electrons. The van der Waals surface area contributed by atoms with Crippen molar-refractivity contribution in [2.24, 2.45) is 0 Å². The van der Waals surface area contributed by atoms with Gasteiger partial charge in [-0.1, -0.05) is 30.3 Å². The first-order valence-corrected chi connectivity index (χ1v) is 7.48. The Kier molecular flexibility index (Phi) is 3.93. The molecule has 0 aromatic heterocycles. The summed E-state index contributed by atoms with van der Waals surface area (Å²) in [6, 6.07) is 13.9. The number of hydrogen-bond donors (Lipinski definition) is 1. The van der Waals surface area contributed by atoms with Crippen molar-refractivity contribution >= 4 is 5.69 Å². The maximum absolute atomic E-state index is 14.3. The zero-order valence-corrected chi connectivity index (χ0v) is 12.6. The first kappa shape index (κ1) is 14.1. The average molecular weight is 284 g/mol. The first-order chi connectivity index (χ1) is 10.2. The van der Waals surface area contributed by atoms with Gasteiger partial charge < -0.3 is 10.2 Å². The van der Waals surface area contributed by atoms with Crippen molar-refractivity contribution in [2.45, 2.75) is 25.9 Å². The van der Waals surface area contributed by atoms with Crippen molar-refractivity contribution in [3.05, 3.63) is 65.0 Å². The van der Waals surface area contributed by atoms with Crippen LogP contribution in [0.15, 0.2) is 42.5 Å². The summed E-state index contributed by atoms with van der Waals surface area (Å²) in [5.74, 6) is -0.131. The molecule has 3 rings (SSSR count). The Bertz CT molecular complexity index is 639. The topological polar surface area (TPSA) is 15.3 Å². The van der Waals surface area contributed by atoms with E-state index in [1.165, 1.54) is 11.1 Å². The molecule has 2 aromatic rings. The average Bonchev–Trinajstić information content (AvgIpc) is 2.53. The lowest BCUT2D eigenvalue weighted by Crippen LogP contribution is -2.32. The van der Waals surface area contributed by atoms with Gasteiger partial charge in [-0.25, -0.2) is 4.39 Å². The summed E-state index contributed by atoms with van der Waals surface area (Å²) in [5.41, 5.74) is 4.52. The molecule has 1 atom stereocenters. The van der Waals surface area contributed by atoms with E-state index in [-0.39, 0.29) is 11.9 Å². The summed E-state index contributed by atoms with van der Waals surface area (Å²) in [6.45, 7) is 3.78. The molecule has 1 aliphatic rings. The molecule has 1 N–H and O–H groups in total. The quantitative estimate of drug-likeness (QED) is 0.925. The fourth-order valence-corrected chi connectivity index (χ4v) is 3.08. The molecule has 1 heterocycles. The monoisotopic (exact) mass is 284 g/mol. The van der Waals surface area contributed by atoms with E-state index < -0.39 is 0 Å². The summed E-state index contributed by atoms with van der Waals surface area (Å²) in [4.78, 5) is 2.29. The van der Waals surface area contributed by atoms with Crippen LogP contribution >= 0.6 is 0 Å². The zero-order valence-electron chi connectivity index (χ0n) is 12.6. The van der Waals surface area contributed by atoms with Gasteiger partial charge in [-0.3, -0.25) is 0 Å². The van der Waals surface area contributed by atoms with Crippen LogP contribution in [0.3, 0.4) is 0 Å². The molecule has 0 bridgehead atoms. The fraction of sp³-hybridized carbons (Fsp3) is 0.333. The minimum atomic E-state index is -0.131. The molecule has 3 heteroatoms. The van der Waals surface area contributed by atoms with Gasteiger partial charge in [0.15, 0.2) is 0 Å². The summed E-state index contributed by atoms with van der Waals surface area (Å²) in [5, 5.41) is 3.15. The highest BCUT2D eigenvalue weighted by molar-refractivity contribution is 5.57. The lowest BCUT2D eigenvalue weighted by Gasteiger charge is -2.33. The third-order valence-electron chi connectivity index (χ3n) is 4.37. The van der Waals surface area contributed by atoms with E-state index in [1.54, 1.807) is 12.1 Å². The van der Waals surface area contributed by atoms with E-state index in [1.807, 2.05) is 20.0 Å². The molecule has 1 aliphatic heterocycles. The maximum atomic E-state index is 14.3. The largest absolute Gasteiger partial charge is 0.367 e. The predicted octanol–water partition coefficient (Wildman–Crippen LogP) is 3.67. The minimum Gasteiger partial charge on any atom is -0.367 e. The van der Waals surface area contributed by atoms with Crippen LogP contribution in [0.4, 0.5) is 10.1 Å². The highest BCUT2D eigenvalue weighted by atomic mass is 19.1. The molecule has 0 saturated carbocycles. The van der Waals surface area contributed by atoms with Crippen molar-refractivity contribution in [3.63, 3.8) is 0 Å². The second-order valence-electron chi connectivity index (χ2n) is 5.62. The Morgan fingerprint density at radius 1 is 1.10 bits per heavy atom. The third kappa shape index (κ3) is 2.66. The van der Waals surface area contributed by atoms with Gasteiger partial charge in [0.25, 0.3) is 0 Å². The lowest BCUT2D eigenvalue weighted by atomic mass is 9.97. The number of anilines is 1. The molecule has 2 nitrogen and oxygen atoms in total. The van der Waals surface area contributed by atoms with E-state index in [0.29, 0.717) is 0 Å². The molecular formula is C18H21FN2. The van der Waals surface area contributed by atoms with Crippen LogP contribution in [0.2, 0.25) is 0 Å². The number of fused-ring (bicyclic) bond motifs is 1. The standard InChI is InChI=1S/C18H21FN2/c1-13(20-2)18-16(19)8-5-9-17(18)21-11-10-14-6-3-4-7-15(14)12-21/h3-9,13,20H,10-12H2,1-2H3. The minimum absolute atomic E-state index is 0.00151. The Balaban J connectivity index is 1.97. The molecule has 2 aromatic carbocycles. The van der Waals surface area contributed by atoms with Crippen molar-refractivity contribution in [3.8, 4) is 0 Å². The molecule has 110 valence electrons. The third-order valence-corrected chi connectivity index (χ3v) is 4.37. The summed E-state index contributed by atoms with van der Waals surface area (Å²) < 4.78 is 14.3. The van der Waals surface area contributed by atoms with Crippen LogP contribution in [0, 0.1) is 5.82 Å². The van der Waals surface area contributed by atoms with Gasteiger partial charge in [0, 0.05) is 30.4 Å². The summed E-state index contributed by atoms with van der Waals surface area (Å²) in [7, 11) is 1.87. The number of halogens is 1. The van der Waals surface area contributed by atoms with E-state index >= 15 is 0 Å². The fourth-order valence-electron chi connectivity index (χ4n) is 3.08. The molecular weight excluding hydrogens is 263 g/mol.